The molecule has 1 aromatic rings. The third-order valence-corrected chi connectivity index (χ3v) is 3.39. The number of anilines is 1. The molecule has 17 heavy (non-hydrogen) atoms. The van der Waals surface area contributed by atoms with Crippen LogP contribution in [-0.2, 0) is 4.74 Å². The van der Waals surface area contributed by atoms with E-state index in [0.29, 0.717) is 25.4 Å². The molecule has 1 aliphatic heterocycles. The molecule has 1 saturated heterocycles. The van der Waals surface area contributed by atoms with Crippen LogP contribution < -0.4 is 4.90 Å². The van der Waals surface area contributed by atoms with Gasteiger partial charge in [-0.15, -0.1) is 0 Å². The van der Waals surface area contributed by atoms with Crippen molar-refractivity contribution < 1.29 is 9.66 Å². The van der Waals surface area contributed by atoms with Crippen molar-refractivity contribution in [2.24, 2.45) is 0 Å². The minimum Gasteiger partial charge on any atom is -0.375 e. The monoisotopic (exact) mass is 348 g/mol. The van der Waals surface area contributed by atoms with Crippen LogP contribution in [0.3, 0.4) is 0 Å². The number of halogens is 1. The molecular weight excluding hydrogens is 335 g/mol. The van der Waals surface area contributed by atoms with Crippen LogP contribution >= 0.6 is 22.6 Å². The predicted octanol–water partition coefficient (Wildman–Crippen LogP) is 2.42. The zero-order valence-electron chi connectivity index (χ0n) is 9.43. The molecule has 0 spiro atoms. The first-order valence-corrected chi connectivity index (χ1v) is 6.46. The third kappa shape index (κ3) is 2.86. The van der Waals surface area contributed by atoms with Gasteiger partial charge in [-0.25, -0.2) is 0 Å². The highest BCUT2D eigenvalue weighted by atomic mass is 127. The first-order valence-electron chi connectivity index (χ1n) is 5.38. The third-order valence-electron chi connectivity index (χ3n) is 2.72. The van der Waals surface area contributed by atoms with E-state index in [-0.39, 0.29) is 16.7 Å². The lowest BCUT2D eigenvalue weighted by Gasteiger charge is -2.32. The summed E-state index contributed by atoms with van der Waals surface area (Å²) in [6.07, 6.45) is 0.114. The molecule has 0 aromatic heterocycles. The first kappa shape index (κ1) is 12.6. The van der Waals surface area contributed by atoms with Crippen molar-refractivity contribution in [1.82, 2.24) is 0 Å². The second-order valence-electron chi connectivity index (χ2n) is 4.02. The first-order chi connectivity index (χ1) is 8.08. The van der Waals surface area contributed by atoms with Gasteiger partial charge in [-0.2, -0.15) is 0 Å². The number of morpholine rings is 1. The summed E-state index contributed by atoms with van der Waals surface area (Å²) in [5.74, 6) is 0. The van der Waals surface area contributed by atoms with E-state index in [4.69, 9.17) is 4.74 Å². The molecule has 92 valence electrons. The normalized spacial score (nSPS) is 20.4. The maximum Gasteiger partial charge on any atom is 0.293 e. The number of hydrogen-bond acceptors (Lipinski definition) is 4. The van der Waals surface area contributed by atoms with E-state index in [1.807, 2.05) is 24.0 Å². The number of nitrogens with zero attached hydrogens (tertiary/aromatic N) is 2. The van der Waals surface area contributed by atoms with Crippen LogP contribution in [-0.4, -0.2) is 30.7 Å². The Morgan fingerprint density at radius 2 is 2.35 bits per heavy atom. The Hall–Kier alpha value is -0.890. The lowest BCUT2D eigenvalue weighted by Crippen LogP contribution is -2.41. The van der Waals surface area contributed by atoms with Gasteiger partial charge in [0.05, 0.1) is 17.6 Å². The lowest BCUT2D eigenvalue weighted by atomic mass is 10.2. The van der Waals surface area contributed by atoms with E-state index in [2.05, 4.69) is 22.6 Å². The van der Waals surface area contributed by atoms with Crippen LogP contribution in [0.25, 0.3) is 0 Å². The molecular formula is C11H13IN2O3. The summed E-state index contributed by atoms with van der Waals surface area (Å²) in [7, 11) is 0. The summed E-state index contributed by atoms with van der Waals surface area (Å²) in [6, 6.07) is 5.32. The highest BCUT2D eigenvalue weighted by molar-refractivity contribution is 14.1. The van der Waals surface area contributed by atoms with E-state index < -0.39 is 0 Å². The fraction of sp³-hybridized carbons (Fsp3) is 0.455. The maximum atomic E-state index is 11.0. The smallest absolute Gasteiger partial charge is 0.293 e. The number of nitro groups is 1. The number of benzene rings is 1. The number of ether oxygens (including phenoxy) is 1. The minimum atomic E-state index is -0.322. The molecule has 1 aliphatic rings. The van der Waals surface area contributed by atoms with Crippen molar-refractivity contribution in [2.75, 3.05) is 24.6 Å². The van der Waals surface area contributed by atoms with Crippen LogP contribution in [0, 0.1) is 13.7 Å². The van der Waals surface area contributed by atoms with Crippen molar-refractivity contribution >= 4 is 34.0 Å². The van der Waals surface area contributed by atoms with Crippen molar-refractivity contribution in [1.29, 1.82) is 0 Å². The molecule has 0 radical (unpaired) electrons. The minimum absolute atomic E-state index is 0.114. The molecule has 1 heterocycles. The van der Waals surface area contributed by atoms with Gasteiger partial charge in [0.2, 0.25) is 0 Å². The molecule has 0 N–H and O–H groups in total. The Kier molecular flexibility index (Phi) is 3.82. The average Bonchev–Trinajstić information content (AvgIpc) is 2.28. The van der Waals surface area contributed by atoms with Crippen LogP contribution in [0.4, 0.5) is 11.4 Å². The molecule has 1 unspecified atom stereocenters. The molecule has 1 atom stereocenters. The van der Waals surface area contributed by atoms with Crippen LogP contribution in [0.5, 0.6) is 0 Å². The molecule has 1 aromatic carbocycles. The summed E-state index contributed by atoms with van der Waals surface area (Å²) in [6.45, 7) is 3.99. The summed E-state index contributed by atoms with van der Waals surface area (Å²) in [4.78, 5) is 12.7. The second-order valence-corrected chi connectivity index (χ2v) is 5.26. The molecule has 0 bridgehead atoms. The lowest BCUT2D eigenvalue weighted by molar-refractivity contribution is -0.384. The average molecular weight is 348 g/mol. The topological polar surface area (TPSA) is 55.6 Å². The van der Waals surface area contributed by atoms with Gasteiger partial charge in [0.15, 0.2) is 0 Å². The van der Waals surface area contributed by atoms with Gasteiger partial charge in [-0.05, 0) is 41.6 Å². The summed E-state index contributed by atoms with van der Waals surface area (Å²) < 4.78 is 6.32. The van der Waals surface area contributed by atoms with Crippen molar-refractivity contribution in [3.63, 3.8) is 0 Å². The Labute approximate surface area is 113 Å². The molecule has 5 nitrogen and oxygen atoms in total. The van der Waals surface area contributed by atoms with Crippen LogP contribution in [0.1, 0.15) is 6.92 Å². The second kappa shape index (κ2) is 5.18. The van der Waals surface area contributed by atoms with Crippen LogP contribution in [0.2, 0.25) is 0 Å². The highest BCUT2D eigenvalue weighted by Crippen LogP contribution is 2.30. The zero-order valence-corrected chi connectivity index (χ0v) is 11.6. The standard InChI is InChI=1S/C11H13IN2O3/c1-8-7-13(4-5-17-8)10-3-2-9(12)6-11(10)14(15)16/h2-3,6,8H,4-5,7H2,1H3. The van der Waals surface area contributed by atoms with Gasteiger partial charge in [-0.3, -0.25) is 10.1 Å². The largest absolute Gasteiger partial charge is 0.375 e. The van der Waals surface area contributed by atoms with E-state index in [1.165, 1.54) is 0 Å². The zero-order chi connectivity index (χ0) is 12.4. The van der Waals surface area contributed by atoms with E-state index in [9.17, 15) is 10.1 Å². The van der Waals surface area contributed by atoms with Gasteiger partial charge < -0.3 is 9.64 Å². The Morgan fingerprint density at radius 1 is 1.59 bits per heavy atom. The number of rotatable bonds is 2. The quantitative estimate of drug-likeness (QED) is 0.468. The highest BCUT2D eigenvalue weighted by Gasteiger charge is 2.24. The van der Waals surface area contributed by atoms with E-state index in [1.54, 1.807) is 6.07 Å². The SMILES string of the molecule is CC1CN(c2ccc(I)cc2[N+](=O)[O-])CCO1. The molecule has 0 saturated carbocycles. The van der Waals surface area contributed by atoms with Gasteiger partial charge in [0, 0.05) is 22.7 Å². The molecule has 2 rings (SSSR count). The van der Waals surface area contributed by atoms with E-state index >= 15 is 0 Å². The fourth-order valence-corrected chi connectivity index (χ4v) is 2.42. The van der Waals surface area contributed by atoms with Crippen molar-refractivity contribution in [3.8, 4) is 0 Å². The molecule has 6 heteroatoms. The summed E-state index contributed by atoms with van der Waals surface area (Å²) >= 11 is 2.08. The van der Waals surface area contributed by atoms with Gasteiger partial charge in [-0.1, -0.05) is 0 Å². The predicted molar refractivity (Wildman–Crippen MR) is 73.4 cm³/mol. The van der Waals surface area contributed by atoms with Gasteiger partial charge >= 0.3 is 0 Å². The summed E-state index contributed by atoms with van der Waals surface area (Å²) in [5.41, 5.74) is 0.858. The Bertz CT molecular complexity index is 439. The Morgan fingerprint density at radius 3 is 3.00 bits per heavy atom. The van der Waals surface area contributed by atoms with Gasteiger partial charge in [0.1, 0.15) is 5.69 Å². The van der Waals surface area contributed by atoms with Crippen molar-refractivity contribution in [2.45, 2.75) is 13.0 Å². The molecule has 0 aliphatic carbocycles. The molecule has 0 amide bonds. The fourth-order valence-electron chi connectivity index (χ4n) is 1.95. The van der Waals surface area contributed by atoms with Gasteiger partial charge in [0.25, 0.3) is 5.69 Å². The van der Waals surface area contributed by atoms with Crippen LogP contribution in [0.15, 0.2) is 18.2 Å². The number of nitro benzene ring substituents is 1. The molecule has 1 fully saturated rings. The maximum absolute atomic E-state index is 11.0. The Balaban J connectivity index is 2.33. The number of hydrogen-bond donors (Lipinski definition) is 0. The van der Waals surface area contributed by atoms with E-state index in [0.717, 1.165) is 3.57 Å². The summed E-state index contributed by atoms with van der Waals surface area (Å²) in [5, 5.41) is 11.0. The van der Waals surface area contributed by atoms with Crippen molar-refractivity contribution in [3.05, 3.63) is 31.9 Å².